The van der Waals surface area contributed by atoms with E-state index in [1.165, 1.54) is 0 Å². The van der Waals surface area contributed by atoms with Crippen molar-refractivity contribution in [2.24, 2.45) is 5.11 Å². The van der Waals surface area contributed by atoms with Gasteiger partial charge in [0.05, 0.1) is 6.61 Å². The van der Waals surface area contributed by atoms with Gasteiger partial charge in [-0.1, -0.05) is 5.11 Å². The van der Waals surface area contributed by atoms with E-state index in [9.17, 15) is 23.5 Å². The molecule has 1 unspecified atom stereocenters. The van der Waals surface area contributed by atoms with E-state index in [0.717, 1.165) is 12.3 Å². The largest absolute Gasteiger partial charge is 0.393 e. The summed E-state index contributed by atoms with van der Waals surface area (Å²) in [5.41, 5.74) is 3.68. The summed E-state index contributed by atoms with van der Waals surface area (Å²) in [5.74, 6) is -4.06. The fourth-order valence-electron chi connectivity index (χ4n) is 1.94. The van der Waals surface area contributed by atoms with E-state index in [1.807, 2.05) is 0 Å². The highest BCUT2D eigenvalue weighted by Crippen LogP contribution is 2.48. The SMILES string of the molecule is [N-]=[N+]=N[C@@]1(CO)O[C@H](n2ccc(=O)[nH]c2=O)C(F)(F)C1O. The molecule has 0 amide bonds. The van der Waals surface area contributed by atoms with Crippen LogP contribution in [0.2, 0.25) is 0 Å². The second kappa shape index (κ2) is 4.93. The molecule has 3 N–H and O–H groups in total. The lowest BCUT2D eigenvalue weighted by Crippen LogP contribution is -2.47. The summed E-state index contributed by atoms with van der Waals surface area (Å²) in [6.07, 6.45) is -4.32. The van der Waals surface area contributed by atoms with Gasteiger partial charge in [0, 0.05) is 17.2 Å². The zero-order valence-corrected chi connectivity index (χ0v) is 10.2. The number of nitrogens with zero attached hydrogens (tertiary/aromatic N) is 4. The Hall–Kier alpha value is -2.27. The molecule has 1 aliphatic heterocycles. The summed E-state index contributed by atoms with van der Waals surface area (Å²) in [5, 5.41) is 21.6. The monoisotopic (exact) mass is 305 g/mol. The van der Waals surface area contributed by atoms with E-state index in [0.29, 0.717) is 4.57 Å². The number of halogens is 2. The summed E-state index contributed by atoms with van der Waals surface area (Å²) in [4.78, 5) is 26.4. The highest BCUT2D eigenvalue weighted by Gasteiger charge is 2.67. The van der Waals surface area contributed by atoms with Crippen LogP contribution in [-0.2, 0) is 4.74 Å². The van der Waals surface area contributed by atoms with Gasteiger partial charge in [-0.05, 0) is 5.53 Å². The van der Waals surface area contributed by atoms with Crippen molar-refractivity contribution in [3.8, 4) is 0 Å². The Balaban J connectivity index is 2.58. The van der Waals surface area contributed by atoms with Gasteiger partial charge in [-0.25, -0.2) is 4.79 Å². The Kier molecular flexibility index (Phi) is 3.55. The molecule has 0 radical (unpaired) electrons. The van der Waals surface area contributed by atoms with Crippen molar-refractivity contribution in [3.63, 3.8) is 0 Å². The van der Waals surface area contributed by atoms with E-state index < -0.39 is 41.8 Å². The molecule has 1 aliphatic rings. The van der Waals surface area contributed by atoms with Crippen molar-refractivity contribution < 1.29 is 23.7 Å². The second-order valence-corrected chi connectivity index (χ2v) is 4.26. The number of aliphatic hydroxyl groups excluding tert-OH is 2. The van der Waals surface area contributed by atoms with Crippen molar-refractivity contribution in [3.05, 3.63) is 43.5 Å². The number of H-pyrrole nitrogens is 1. The highest BCUT2D eigenvalue weighted by molar-refractivity contribution is 5.05. The minimum Gasteiger partial charge on any atom is -0.393 e. The number of ether oxygens (including phenoxy) is 1. The second-order valence-electron chi connectivity index (χ2n) is 4.26. The molecule has 21 heavy (non-hydrogen) atoms. The van der Waals surface area contributed by atoms with Crippen LogP contribution in [0.4, 0.5) is 8.78 Å². The molecule has 2 rings (SSSR count). The first-order valence-corrected chi connectivity index (χ1v) is 5.51. The van der Waals surface area contributed by atoms with Gasteiger partial charge in [0.1, 0.15) is 0 Å². The fraction of sp³-hybridized carbons (Fsp3) is 0.556. The molecule has 114 valence electrons. The van der Waals surface area contributed by atoms with Crippen LogP contribution in [-0.4, -0.2) is 44.1 Å². The van der Waals surface area contributed by atoms with Crippen LogP contribution in [0.25, 0.3) is 10.4 Å². The molecule has 0 spiro atoms. The van der Waals surface area contributed by atoms with E-state index in [2.05, 4.69) is 10.0 Å². The third kappa shape index (κ3) is 2.19. The molecule has 10 nitrogen and oxygen atoms in total. The minimum atomic E-state index is -4.06. The molecule has 0 bridgehead atoms. The van der Waals surface area contributed by atoms with Gasteiger partial charge in [-0.2, -0.15) is 8.78 Å². The minimum absolute atomic E-state index is 0.314. The van der Waals surface area contributed by atoms with Crippen molar-refractivity contribution in [1.82, 2.24) is 9.55 Å². The number of aliphatic hydroxyl groups is 2. The first-order chi connectivity index (χ1) is 9.78. The lowest BCUT2D eigenvalue weighted by Gasteiger charge is -2.23. The normalized spacial score (nSPS) is 30.9. The zero-order valence-electron chi connectivity index (χ0n) is 10.2. The summed E-state index contributed by atoms with van der Waals surface area (Å²) >= 11 is 0. The van der Waals surface area contributed by atoms with Crippen LogP contribution < -0.4 is 11.2 Å². The third-order valence-electron chi connectivity index (χ3n) is 2.98. The molecular weight excluding hydrogens is 296 g/mol. The van der Waals surface area contributed by atoms with Gasteiger partial charge in [0.15, 0.2) is 6.10 Å². The van der Waals surface area contributed by atoms with Crippen LogP contribution in [0.5, 0.6) is 0 Å². The number of azide groups is 1. The van der Waals surface area contributed by atoms with E-state index >= 15 is 0 Å². The quantitative estimate of drug-likeness (QED) is 0.373. The number of rotatable bonds is 3. The van der Waals surface area contributed by atoms with Crippen LogP contribution >= 0.6 is 0 Å². The van der Waals surface area contributed by atoms with E-state index in [4.69, 9.17) is 15.4 Å². The lowest BCUT2D eigenvalue weighted by molar-refractivity contribution is -0.144. The Labute approximate surface area is 113 Å². The first-order valence-electron chi connectivity index (χ1n) is 5.51. The van der Waals surface area contributed by atoms with Gasteiger partial charge in [0.25, 0.3) is 5.56 Å². The molecule has 0 aliphatic carbocycles. The lowest BCUT2D eigenvalue weighted by atomic mass is 10.1. The average molecular weight is 305 g/mol. The number of hydrogen-bond acceptors (Lipinski definition) is 6. The zero-order chi connectivity index (χ0) is 15.8. The van der Waals surface area contributed by atoms with E-state index in [1.54, 1.807) is 4.98 Å². The van der Waals surface area contributed by atoms with Gasteiger partial charge in [-0.15, -0.1) is 0 Å². The molecular formula is C9H9F2N5O5. The fourth-order valence-corrected chi connectivity index (χ4v) is 1.94. The predicted octanol–water partition coefficient (Wildman–Crippen LogP) is -0.939. The maximum Gasteiger partial charge on any atom is 0.330 e. The molecule has 3 atom stereocenters. The Bertz CT molecular complexity index is 711. The maximum absolute atomic E-state index is 14.1. The van der Waals surface area contributed by atoms with Crippen LogP contribution in [0, 0.1) is 0 Å². The molecule has 1 aromatic rings. The van der Waals surface area contributed by atoms with Gasteiger partial charge >= 0.3 is 11.6 Å². The maximum atomic E-state index is 14.1. The van der Waals surface area contributed by atoms with Crippen molar-refractivity contribution in [2.75, 3.05) is 6.61 Å². The number of aromatic nitrogens is 2. The summed E-state index contributed by atoms with van der Waals surface area (Å²) in [7, 11) is 0. The van der Waals surface area contributed by atoms with Gasteiger partial charge in [0.2, 0.25) is 12.0 Å². The van der Waals surface area contributed by atoms with Crippen molar-refractivity contribution in [1.29, 1.82) is 0 Å². The average Bonchev–Trinajstić information content (AvgIpc) is 2.61. The Morgan fingerprint density at radius 1 is 1.57 bits per heavy atom. The van der Waals surface area contributed by atoms with Crippen LogP contribution in [0.1, 0.15) is 6.23 Å². The molecule has 1 aromatic heterocycles. The summed E-state index contributed by atoms with van der Waals surface area (Å²) in [6, 6.07) is 0.791. The Morgan fingerprint density at radius 3 is 2.76 bits per heavy atom. The third-order valence-corrected chi connectivity index (χ3v) is 2.98. The number of nitrogens with one attached hydrogen (secondary N) is 1. The first kappa shape index (κ1) is 15.1. The van der Waals surface area contributed by atoms with Crippen LogP contribution in [0.15, 0.2) is 27.0 Å². The van der Waals surface area contributed by atoms with Crippen molar-refractivity contribution in [2.45, 2.75) is 24.0 Å². The predicted molar refractivity (Wildman–Crippen MR) is 61.4 cm³/mol. The van der Waals surface area contributed by atoms with Crippen LogP contribution in [0.3, 0.4) is 0 Å². The molecule has 0 saturated carbocycles. The van der Waals surface area contributed by atoms with Crippen molar-refractivity contribution >= 4 is 0 Å². The number of alkyl halides is 2. The summed E-state index contributed by atoms with van der Waals surface area (Å²) < 4.78 is 33.2. The molecule has 12 heteroatoms. The van der Waals surface area contributed by atoms with Gasteiger partial charge in [-0.3, -0.25) is 14.3 Å². The number of aromatic amines is 1. The molecule has 2 heterocycles. The number of hydrogen-bond donors (Lipinski definition) is 3. The smallest absolute Gasteiger partial charge is 0.330 e. The molecule has 0 aromatic carbocycles. The molecule has 1 fully saturated rings. The topological polar surface area (TPSA) is 153 Å². The highest BCUT2D eigenvalue weighted by atomic mass is 19.3. The molecule has 1 saturated heterocycles. The Morgan fingerprint density at radius 2 is 2.24 bits per heavy atom. The standard InChI is InChI=1S/C9H9F2N5O5/c10-9(11)5(19)8(3-17,14-15-12)21-6(9)16-2-1-4(18)13-7(16)20/h1-2,5-6,17,19H,3H2,(H,13,18,20)/t5?,6-,8-/m0/s1. The van der Waals surface area contributed by atoms with Gasteiger partial charge < -0.3 is 14.9 Å². The van der Waals surface area contributed by atoms with E-state index in [-0.39, 0.29) is 0 Å². The summed E-state index contributed by atoms with van der Waals surface area (Å²) in [6.45, 7) is -1.23.